The third-order valence-corrected chi connectivity index (χ3v) is 10.9. The zero-order valence-electron chi connectivity index (χ0n) is 15.2. The first kappa shape index (κ1) is 18.8. The molecule has 1 heterocycles. The summed E-state index contributed by atoms with van der Waals surface area (Å²) in [7, 11) is -2.97. The average Bonchev–Trinajstić information content (AvgIpc) is 3.26. The summed E-state index contributed by atoms with van der Waals surface area (Å²) in [6.07, 6.45) is 2.02. The van der Waals surface area contributed by atoms with Crippen molar-refractivity contribution < 1.29 is 13.4 Å². The highest BCUT2D eigenvalue weighted by molar-refractivity contribution is 7.85. The second kappa shape index (κ2) is 7.17. The zero-order chi connectivity index (χ0) is 17.3. The standard InChI is InChI=1S/C18H30O3SSi/c1-7-11-15(21-23(5,6)18(2,3)4)16-17(20-16)22(19)14-12-9-8-10-13-14/h8-10,12-13,15-17H,7,11H2,1-6H3/t15-,16+,17+,22+/m1/s1. The molecular weight excluding hydrogens is 324 g/mol. The fraction of sp³-hybridized carbons (Fsp3) is 0.667. The Balaban J connectivity index is 2.05. The molecule has 0 aromatic heterocycles. The molecule has 3 nitrogen and oxygen atoms in total. The van der Waals surface area contributed by atoms with E-state index in [2.05, 4.69) is 40.8 Å². The normalized spacial score (nSPS) is 24.3. The van der Waals surface area contributed by atoms with Gasteiger partial charge < -0.3 is 9.16 Å². The minimum absolute atomic E-state index is 0.0369. The molecule has 0 bridgehead atoms. The van der Waals surface area contributed by atoms with Crippen LogP contribution in [-0.4, -0.2) is 30.2 Å². The van der Waals surface area contributed by atoms with Gasteiger partial charge in [-0.1, -0.05) is 52.3 Å². The van der Waals surface area contributed by atoms with Gasteiger partial charge in [0.2, 0.25) is 0 Å². The predicted octanol–water partition coefficient (Wildman–Crippen LogP) is 4.71. The molecule has 0 aliphatic carbocycles. The van der Waals surface area contributed by atoms with Crippen molar-refractivity contribution in [3.05, 3.63) is 30.3 Å². The van der Waals surface area contributed by atoms with Crippen molar-refractivity contribution in [1.82, 2.24) is 0 Å². The Morgan fingerprint density at radius 1 is 1.26 bits per heavy atom. The lowest BCUT2D eigenvalue weighted by atomic mass is 10.1. The van der Waals surface area contributed by atoms with Gasteiger partial charge in [0.05, 0.1) is 16.9 Å². The van der Waals surface area contributed by atoms with Gasteiger partial charge in [0, 0.05) is 4.90 Å². The number of epoxide rings is 1. The molecule has 1 aromatic carbocycles. The van der Waals surface area contributed by atoms with Gasteiger partial charge in [-0.3, -0.25) is 4.21 Å². The van der Waals surface area contributed by atoms with Crippen LogP contribution in [0.3, 0.4) is 0 Å². The second-order valence-corrected chi connectivity index (χ2v) is 14.1. The van der Waals surface area contributed by atoms with Crippen molar-refractivity contribution in [3.63, 3.8) is 0 Å². The van der Waals surface area contributed by atoms with Gasteiger partial charge in [0.15, 0.2) is 13.8 Å². The van der Waals surface area contributed by atoms with E-state index in [-0.39, 0.29) is 22.7 Å². The van der Waals surface area contributed by atoms with Crippen LogP contribution in [0.4, 0.5) is 0 Å². The molecule has 0 saturated carbocycles. The Kier molecular flexibility index (Phi) is 5.88. The van der Waals surface area contributed by atoms with E-state index in [1.807, 2.05) is 30.3 Å². The van der Waals surface area contributed by atoms with Crippen LogP contribution >= 0.6 is 0 Å². The number of hydrogen-bond acceptors (Lipinski definition) is 3. The molecule has 130 valence electrons. The third-order valence-electron chi connectivity index (χ3n) is 4.86. The van der Waals surface area contributed by atoms with Crippen LogP contribution < -0.4 is 0 Å². The summed E-state index contributed by atoms with van der Waals surface area (Å²) in [5, 5.41) is 0.169. The molecule has 1 saturated heterocycles. The van der Waals surface area contributed by atoms with Gasteiger partial charge in [-0.15, -0.1) is 0 Å². The summed E-state index contributed by atoms with van der Waals surface area (Å²) in [4.78, 5) is 0.836. The maximum absolute atomic E-state index is 12.6. The Bertz CT molecular complexity index is 539. The molecule has 0 amide bonds. The summed E-state index contributed by atoms with van der Waals surface area (Å²) >= 11 is 0. The average molecular weight is 355 g/mol. The number of hydrogen-bond donors (Lipinski definition) is 0. The molecule has 2 rings (SSSR count). The highest BCUT2D eigenvalue weighted by Gasteiger charge is 2.52. The Hall–Kier alpha value is -0.493. The maximum Gasteiger partial charge on any atom is 0.192 e. The molecule has 0 radical (unpaired) electrons. The molecule has 23 heavy (non-hydrogen) atoms. The van der Waals surface area contributed by atoms with E-state index in [0.717, 1.165) is 17.7 Å². The van der Waals surface area contributed by atoms with Crippen LogP contribution in [0.2, 0.25) is 18.1 Å². The highest BCUT2D eigenvalue weighted by atomic mass is 32.2. The predicted molar refractivity (Wildman–Crippen MR) is 98.5 cm³/mol. The first-order valence-corrected chi connectivity index (χ1v) is 12.6. The Morgan fingerprint density at radius 3 is 2.39 bits per heavy atom. The van der Waals surface area contributed by atoms with Gasteiger partial charge in [-0.05, 0) is 36.7 Å². The summed E-state index contributed by atoms with van der Waals surface area (Å²) in [6, 6.07) is 9.57. The molecule has 5 heteroatoms. The van der Waals surface area contributed by atoms with E-state index in [9.17, 15) is 4.21 Å². The Labute approximate surface area is 144 Å². The minimum Gasteiger partial charge on any atom is -0.411 e. The number of rotatable bonds is 7. The topological polar surface area (TPSA) is 38.8 Å². The van der Waals surface area contributed by atoms with Crippen molar-refractivity contribution in [2.24, 2.45) is 0 Å². The highest BCUT2D eigenvalue weighted by Crippen LogP contribution is 2.41. The first-order chi connectivity index (χ1) is 10.7. The van der Waals surface area contributed by atoms with Crippen molar-refractivity contribution in [2.45, 2.75) is 81.2 Å². The van der Waals surface area contributed by atoms with Gasteiger partial charge in [0.1, 0.15) is 6.10 Å². The molecule has 0 N–H and O–H groups in total. The lowest BCUT2D eigenvalue weighted by Gasteiger charge is -2.39. The quantitative estimate of drug-likeness (QED) is 0.526. The van der Waals surface area contributed by atoms with E-state index in [4.69, 9.17) is 9.16 Å². The lowest BCUT2D eigenvalue weighted by Crippen LogP contribution is -2.45. The van der Waals surface area contributed by atoms with Gasteiger partial charge in [0.25, 0.3) is 0 Å². The Morgan fingerprint density at radius 2 is 1.87 bits per heavy atom. The van der Waals surface area contributed by atoms with Crippen LogP contribution in [0.1, 0.15) is 40.5 Å². The molecule has 1 aliphatic rings. The van der Waals surface area contributed by atoms with E-state index >= 15 is 0 Å². The summed E-state index contributed by atoms with van der Waals surface area (Å²) in [5.74, 6) is 0. The third kappa shape index (κ3) is 4.53. The minimum atomic E-state index is -1.85. The summed E-state index contributed by atoms with van der Waals surface area (Å²) in [5.41, 5.74) is -0.223. The van der Waals surface area contributed by atoms with Gasteiger partial charge >= 0.3 is 0 Å². The fourth-order valence-electron chi connectivity index (χ4n) is 2.36. The van der Waals surface area contributed by atoms with E-state index in [1.54, 1.807) is 0 Å². The van der Waals surface area contributed by atoms with E-state index < -0.39 is 19.1 Å². The SMILES string of the molecule is CCC[C@@H](O[Si](C)(C)C(C)(C)C)[C@@H]1O[C@H]1[S@@](=O)c1ccccc1. The lowest BCUT2D eigenvalue weighted by molar-refractivity contribution is 0.133. The van der Waals surface area contributed by atoms with Crippen LogP contribution in [0.15, 0.2) is 35.2 Å². The monoisotopic (exact) mass is 354 g/mol. The molecule has 0 unspecified atom stereocenters. The second-order valence-electron chi connectivity index (χ2n) is 7.78. The van der Waals surface area contributed by atoms with Crippen molar-refractivity contribution in [3.8, 4) is 0 Å². The van der Waals surface area contributed by atoms with Gasteiger partial charge in [-0.25, -0.2) is 0 Å². The molecular formula is C18H30O3SSi. The maximum atomic E-state index is 12.6. The number of benzene rings is 1. The van der Waals surface area contributed by atoms with Crippen molar-refractivity contribution in [2.75, 3.05) is 0 Å². The largest absolute Gasteiger partial charge is 0.411 e. The fourth-order valence-corrected chi connectivity index (χ4v) is 5.07. The van der Waals surface area contributed by atoms with Gasteiger partial charge in [-0.2, -0.15) is 0 Å². The molecule has 4 atom stereocenters. The van der Waals surface area contributed by atoms with E-state index in [0.29, 0.717) is 0 Å². The molecule has 0 spiro atoms. The van der Waals surface area contributed by atoms with Crippen LogP contribution in [0.5, 0.6) is 0 Å². The van der Waals surface area contributed by atoms with Crippen LogP contribution in [-0.2, 0) is 20.0 Å². The van der Waals surface area contributed by atoms with Crippen molar-refractivity contribution in [1.29, 1.82) is 0 Å². The van der Waals surface area contributed by atoms with Crippen molar-refractivity contribution >= 4 is 19.1 Å². The van der Waals surface area contributed by atoms with E-state index in [1.165, 1.54) is 0 Å². The van der Waals surface area contributed by atoms with Crippen LogP contribution in [0, 0.1) is 0 Å². The molecule has 1 fully saturated rings. The zero-order valence-corrected chi connectivity index (χ0v) is 17.0. The molecule has 1 aliphatic heterocycles. The number of ether oxygens (including phenoxy) is 1. The smallest absolute Gasteiger partial charge is 0.192 e. The molecule has 1 aromatic rings. The van der Waals surface area contributed by atoms with Crippen LogP contribution in [0.25, 0.3) is 0 Å². The first-order valence-electron chi connectivity index (χ1n) is 8.46. The summed E-state index contributed by atoms with van der Waals surface area (Å²) in [6.45, 7) is 13.4. The summed E-state index contributed by atoms with van der Waals surface area (Å²) < 4.78 is 25.0.